The Bertz CT molecular complexity index is 1150. The van der Waals surface area contributed by atoms with Gasteiger partial charge < -0.3 is 4.90 Å². The molecule has 154 valence electrons. The van der Waals surface area contributed by atoms with E-state index >= 15 is 0 Å². The first-order chi connectivity index (χ1) is 14.4. The number of carbonyl (C=O) groups is 1. The number of aromatic nitrogens is 3. The molecule has 1 aromatic heterocycles. The third-order valence-electron chi connectivity index (χ3n) is 5.24. The minimum Gasteiger partial charge on any atom is -0.346 e. The average Bonchev–Trinajstić information content (AvgIpc) is 3.10. The van der Waals surface area contributed by atoms with Gasteiger partial charge in [0.15, 0.2) is 5.82 Å². The van der Waals surface area contributed by atoms with E-state index < -0.39 is 17.7 Å². The Morgan fingerprint density at radius 1 is 1.13 bits per heavy atom. The minimum atomic E-state index is -0.477. The molecule has 0 N–H and O–H groups in total. The second kappa shape index (κ2) is 7.78. The first-order valence-corrected chi connectivity index (χ1v) is 9.71. The molecule has 4 rings (SSSR count). The van der Waals surface area contributed by atoms with Crippen molar-refractivity contribution in [2.75, 3.05) is 13.6 Å². The number of likely N-dealkylation sites (N-methyl/N-ethyl adjacent to an activating group) is 1. The lowest BCUT2D eigenvalue weighted by Gasteiger charge is -2.16. The molecule has 2 heterocycles. The van der Waals surface area contributed by atoms with Crippen LogP contribution < -0.4 is 0 Å². The van der Waals surface area contributed by atoms with Crippen LogP contribution in [0.5, 0.6) is 0 Å². The predicted molar refractivity (Wildman–Crippen MR) is 109 cm³/mol. The standard InChI is InChI=1S/C22H21F2N5O/c1-4-28(3)20(30)12-19-26-27-22-13(2)25-21(15-7-5-6-8-17(15)24)16-11-14(23)9-10-18(16)29(19)22/h5-11,13H,4,12H2,1-3H3. The molecule has 30 heavy (non-hydrogen) atoms. The molecular weight excluding hydrogens is 388 g/mol. The van der Waals surface area contributed by atoms with E-state index in [1.54, 1.807) is 40.8 Å². The number of halogens is 2. The van der Waals surface area contributed by atoms with Gasteiger partial charge in [0.1, 0.15) is 23.5 Å². The maximum atomic E-state index is 14.6. The van der Waals surface area contributed by atoms with Gasteiger partial charge in [0, 0.05) is 24.7 Å². The fourth-order valence-electron chi connectivity index (χ4n) is 3.51. The number of hydrogen-bond donors (Lipinski definition) is 0. The maximum absolute atomic E-state index is 14.6. The van der Waals surface area contributed by atoms with Crippen LogP contribution in [0.4, 0.5) is 8.78 Å². The Morgan fingerprint density at radius 2 is 1.90 bits per heavy atom. The number of nitrogens with zero attached hydrogens (tertiary/aromatic N) is 5. The van der Waals surface area contributed by atoms with Gasteiger partial charge in [-0.3, -0.25) is 14.4 Å². The van der Waals surface area contributed by atoms with Crippen molar-refractivity contribution in [2.24, 2.45) is 4.99 Å². The molecule has 8 heteroatoms. The number of aliphatic imine (C=N–C) groups is 1. The maximum Gasteiger partial charge on any atom is 0.229 e. The van der Waals surface area contributed by atoms with Crippen LogP contribution in [-0.2, 0) is 11.2 Å². The molecule has 0 aliphatic carbocycles. The van der Waals surface area contributed by atoms with Gasteiger partial charge in [0.2, 0.25) is 5.91 Å². The van der Waals surface area contributed by atoms with Crippen molar-refractivity contribution >= 4 is 11.6 Å². The largest absolute Gasteiger partial charge is 0.346 e. The smallest absolute Gasteiger partial charge is 0.229 e. The number of rotatable bonds is 4. The summed E-state index contributed by atoms with van der Waals surface area (Å²) in [5, 5.41) is 8.47. The van der Waals surface area contributed by atoms with Crippen molar-refractivity contribution in [1.82, 2.24) is 19.7 Å². The lowest BCUT2D eigenvalue weighted by atomic mass is 9.99. The highest BCUT2D eigenvalue weighted by molar-refractivity contribution is 6.15. The molecule has 0 fully saturated rings. The molecular formula is C22H21F2N5O. The summed E-state index contributed by atoms with van der Waals surface area (Å²) in [6.45, 7) is 4.27. The summed E-state index contributed by atoms with van der Waals surface area (Å²) >= 11 is 0. The Labute approximate surface area is 172 Å². The molecule has 0 spiro atoms. The minimum absolute atomic E-state index is 0.0376. The van der Waals surface area contributed by atoms with Crippen molar-refractivity contribution in [3.05, 3.63) is 76.9 Å². The fourth-order valence-corrected chi connectivity index (χ4v) is 3.51. The number of benzene rings is 2. The summed E-state index contributed by atoms with van der Waals surface area (Å²) in [6, 6.07) is 10.0. The molecule has 2 aromatic carbocycles. The van der Waals surface area contributed by atoms with Gasteiger partial charge >= 0.3 is 0 Å². The SMILES string of the molecule is CCN(C)C(=O)Cc1nnc2n1-c1ccc(F)cc1C(c1ccccc1F)=NC2C. The highest BCUT2D eigenvalue weighted by atomic mass is 19.1. The molecule has 1 unspecified atom stereocenters. The first-order valence-electron chi connectivity index (χ1n) is 9.71. The zero-order valence-corrected chi connectivity index (χ0v) is 16.9. The van der Waals surface area contributed by atoms with Gasteiger partial charge in [-0.25, -0.2) is 8.78 Å². The molecule has 0 saturated carbocycles. The first kappa shape index (κ1) is 19.9. The summed E-state index contributed by atoms with van der Waals surface area (Å²) in [6.07, 6.45) is 0.0376. The molecule has 6 nitrogen and oxygen atoms in total. The number of carbonyl (C=O) groups excluding carboxylic acids is 1. The van der Waals surface area contributed by atoms with Gasteiger partial charge in [-0.15, -0.1) is 10.2 Å². The van der Waals surface area contributed by atoms with Crippen LogP contribution in [0.1, 0.15) is 42.7 Å². The molecule has 0 saturated heterocycles. The molecule has 1 aliphatic rings. The highest BCUT2D eigenvalue weighted by Crippen LogP contribution is 2.32. The third kappa shape index (κ3) is 3.38. The van der Waals surface area contributed by atoms with E-state index in [4.69, 9.17) is 0 Å². The second-order valence-electron chi connectivity index (χ2n) is 7.19. The summed E-state index contributed by atoms with van der Waals surface area (Å²) in [4.78, 5) is 18.8. The topological polar surface area (TPSA) is 63.4 Å². The van der Waals surface area contributed by atoms with Crippen LogP contribution >= 0.6 is 0 Å². The average molecular weight is 409 g/mol. The zero-order valence-electron chi connectivity index (χ0n) is 16.9. The Hall–Kier alpha value is -3.42. The number of amides is 1. The van der Waals surface area contributed by atoms with Crippen molar-refractivity contribution in [3.63, 3.8) is 0 Å². The predicted octanol–water partition coefficient (Wildman–Crippen LogP) is 3.48. The van der Waals surface area contributed by atoms with Crippen molar-refractivity contribution in [2.45, 2.75) is 26.3 Å². The van der Waals surface area contributed by atoms with Crippen LogP contribution in [0.25, 0.3) is 5.69 Å². The Morgan fingerprint density at radius 3 is 2.63 bits per heavy atom. The van der Waals surface area contributed by atoms with Gasteiger partial charge in [-0.1, -0.05) is 12.1 Å². The van der Waals surface area contributed by atoms with E-state index in [-0.39, 0.29) is 17.9 Å². The van der Waals surface area contributed by atoms with Crippen LogP contribution in [0.15, 0.2) is 47.5 Å². The molecule has 1 atom stereocenters. The van der Waals surface area contributed by atoms with Gasteiger partial charge in [-0.2, -0.15) is 0 Å². The summed E-state index contributed by atoms with van der Waals surface area (Å²) < 4.78 is 30.6. The quantitative estimate of drug-likeness (QED) is 0.663. The van der Waals surface area contributed by atoms with E-state index in [1.807, 2.05) is 13.8 Å². The van der Waals surface area contributed by atoms with Crippen molar-refractivity contribution in [3.8, 4) is 5.69 Å². The molecule has 1 amide bonds. The third-order valence-corrected chi connectivity index (χ3v) is 5.24. The normalized spacial score (nSPS) is 15.1. The highest BCUT2D eigenvalue weighted by Gasteiger charge is 2.29. The Kier molecular flexibility index (Phi) is 5.15. The van der Waals surface area contributed by atoms with E-state index in [9.17, 15) is 13.6 Å². The van der Waals surface area contributed by atoms with E-state index in [0.717, 1.165) is 0 Å². The molecule has 1 aliphatic heterocycles. The summed E-state index contributed by atoms with van der Waals surface area (Å²) in [7, 11) is 1.72. The zero-order chi connectivity index (χ0) is 21.4. The van der Waals surface area contributed by atoms with Crippen LogP contribution in [-0.4, -0.2) is 44.9 Å². The molecule has 3 aromatic rings. The van der Waals surface area contributed by atoms with Gasteiger partial charge in [0.25, 0.3) is 0 Å². The Balaban J connectivity index is 1.92. The van der Waals surface area contributed by atoms with E-state index in [1.165, 1.54) is 18.2 Å². The summed E-state index contributed by atoms with van der Waals surface area (Å²) in [5.74, 6) is -0.0822. The van der Waals surface area contributed by atoms with E-state index in [0.29, 0.717) is 35.2 Å². The summed E-state index contributed by atoms with van der Waals surface area (Å²) in [5.41, 5.74) is 1.59. The molecule has 0 bridgehead atoms. The number of fused-ring (bicyclic) bond motifs is 3. The van der Waals surface area contributed by atoms with Crippen LogP contribution in [0, 0.1) is 11.6 Å². The van der Waals surface area contributed by atoms with Crippen molar-refractivity contribution in [1.29, 1.82) is 0 Å². The fraction of sp³-hybridized carbons (Fsp3) is 0.273. The van der Waals surface area contributed by atoms with Gasteiger partial charge in [0.05, 0.1) is 17.8 Å². The lowest BCUT2D eigenvalue weighted by Crippen LogP contribution is -2.29. The monoisotopic (exact) mass is 409 g/mol. The van der Waals surface area contributed by atoms with E-state index in [2.05, 4.69) is 15.2 Å². The van der Waals surface area contributed by atoms with Crippen LogP contribution in [0.2, 0.25) is 0 Å². The van der Waals surface area contributed by atoms with Crippen LogP contribution in [0.3, 0.4) is 0 Å². The molecule has 0 radical (unpaired) electrons. The number of hydrogen-bond acceptors (Lipinski definition) is 4. The second-order valence-corrected chi connectivity index (χ2v) is 7.19. The van der Waals surface area contributed by atoms with Crippen molar-refractivity contribution < 1.29 is 13.6 Å². The lowest BCUT2D eigenvalue weighted by molar-refractivity contribution is -0.129. The van der Waals surface area contributed by atoms with Gasteiger partial charge in [-0.05, 0) is 44.2 Å².